The fraction of sp³-hybridized carbons (Fsp3) is 0.533. The van der Waals surface area contributed by atoms with Gasteiger partial charge in [-0.3, -0.25) is 4.79 Å². The van der Waals surface area contributed by atoms with Crippen molar-refractivity contribution in [2.75, 3.05) is 7.11 Å². The van der Waals surface area contributed by atoms with Crippen LogP contribution >= 0.6 is 0 Å². The van der Waals surface area contributed by atoms with E-state index in [0.29, 0.717) is 0 Å². The fourth-order valence-electron chi connectivity index (χ4n) is 3.15. The molecule has 1 N–H and O–H groups in total. The Bertz CT molecular complexity index is 448. The van der Waals surface area contributed by atoms with E-state index in [1.165, 1.54) is 0 Å². The zero-order valence-electron chi connectivity index (χ0n) is 11.2. The predicted octanol–water partition coefficient (Wildman–Crippen LogP) is 3.21. The van der Waals surface area contributed by atoms with Gasteiger partial charge in [0.2, 0.25) is 0 Å². The molecule has 98 valence electrons. The maximum atomic E-state index is 11.7. The number of carbonyl (C=O) groups is 1. The van der Waals surface area contributed by atoms with E-state index in [4.69, 9.17) is 4.74 Å². The molecule has 0 aromatic heterocycles. The van der Waals surface area contributed by atoms with E-state index in [0.717, 1.165) is 48.1 Å². The highest BCUT2D eigenvalue weighted by Gasteiger charge is 2.43. The van der Waals surface area contributed by atoms with Crippen LogP contribution in [0.25, 0.3) is 0 Å². The summed E-state index contributed by atoms with van der Waals surface area (Å²) < 4.78 is 5.34. The van der Waals surface area contributed by atoms with Crippen LogP contribution in [0.2, 0.25) is 0 Å². The zero-order chi connectivity index (χ0) is 13.3. The molecule has 1 aliphatic rings. The Morgan fingerprint density at radius 3 is 2.11 bits per heavy atom. The van der Waals surface area contributed by atoms with Gasteiger partial charge in [0, 0.05) is 0 Å². The van der Waals surface area contributed by atoms with Gasteiger partial charge in [-0.15, -0.1) is 0 Å². The minimum Gasteiger partial charge on any atom is -0.496 e. The summed E-state index contributed by atoms with van der Waals surface area (Å²) in [5, 5.41) is 9.59. The highest BCUT2D eigenvalue weighted by molar-refractivity contribution is 5.82. The summed E-state index contributed by atoms with van der Waals surface area (Å²) in [6, 6.07) is 3.95. The van der Waals surface area contributed by atoms with Gasteiger partial charge in [0.1, 0.15) is 5.75 Å². The second kappa shape index (κ2) is 4.63. The van der Waals surface area contributed by atoms with E-state index in [1.54, 1.807) is 7.11 Å². The third kappa shape index (κ3) is 1.88. The van der Waals surface area contributed by atoms with E-state index < -0.39 is 11.4 Å². The van der Waals surface area contributed by atoms with Crippen molar-refractivity contribution >= 4 is 5.97 Å². The molecule has 2 rings (SSSR count). The lowest BCUT2D eigenvalue weighted by Crippen LogP contribution is -2.32. The maximum absolute atomic E-state index is 11.7. The molecule has 0 radical (unpaired) electrons. The zero-order valence-corrected chi connectivity index (χ0v) is 11.2. The molecule has 0 spiro atoms. The normalized spacial score (nSPS) is 17.7. The van der Waals surface area contributed by atoms with Crippen molar-refractivity contribution < 1.29 is 14.6 Å². The molecule has 3 heteroatoms. The van der Waals surface area contributed by atoms with E-state index in [2.05, 4.69) is 0 Å². The molecule has 0 bridgehead atoms. The van der Waals surface area contributed by atoms with Crippen molar-refractivity contribution in [3.05, 3.63) is 28.8 Å². The number of hydrogen-bond acceptors (Lipinski definition) is 2. The standard InChI is InChI=1S/C15H20O3/c1-10-8-12(9-11(2)13(10)18-3)15(14(16)17)6-4-5-7-15/h8-9H,4-7H2,1-3H3,(H,16,17). The van der Waals surface area contributed by atoms with Gasteiger partial charge in [0.05, 0.1) is 12.5 Å². The van der Waals surface area contributed by atoms with E-state index in [9.17, 15) is 9.90 Å². The number of ether oxygens (including phenoxy) is 1. The average molecular weight is 248 g/mol. The van der Waals surface area contributed by atoms with E-state index in [1.807, 2.05) is 26.0 Å². The number of rotatable bonds is 3. The number of aryl methyl sites for hydroxylation is 2. The highest BCUT2D eigenvalue weighted by Crippen LogP contribution is 2.43. The maximum Gasteiger partial charge on any atom is 0.314 e. The molecule has 18 heavy (non-hydrogen) atoms. The molecule has 0 aliphatic heterocycles. The third-order valence-electron chi connectivity index (χ3n) is 4.08. The Kier molecular flexibility index (Phi) is 3.33. The fourth-order valence-corrected chi connectivity index (χ4v) is 3.15. The van der Waals surface area contributed by atoms with Gasteiger partial charge in [-0.1, -0.05) is 25.0 Å². The summed E-state index contributed by atoms with van der Waals surface area (Å²) in [5.41, 5.74) is 2.28. The van der Waals surface area contributed by atoms with Crippen LogP contribution in [0, 0.1) is 13.8 Å². The van der Waals surface area contributed by atoms with Gasteiger partial charge in [0.15, 0.2) is 0 Å². The second-order valence-corrected chi connectivity index (χ2v) is 5.24. The Morgan fingerprint density at radius 1 is 1.22 bits per heavy atom. The Labute approximate surface area is 108 Å². The molecule has 1 saturated carbocycles. The van der Waals surface area contributed by atoms with Gasteiger partial charge in [0.25, 0.3) is 0 Å². The summed E-state index contributed by atoms with van der Waals surface area (Å²) in [6.45, 7) is 3.94. The van der Waals surface area contributed by atoms with Gasteiger partial charge < -0.3 is 9.84 Å². The number of hydrogen-bond donors (Lipinski definition) is 1. The number of carboxylic acids is 1. The largest absolute Gasteiger partial charge is 0.496 e. The first-order chi connectivity index (χ1) is 8.51. The van der Waals surface area contributed by atoms with Crippen LogP contribution in [0.3, 0.4) is 0 Å². The van der Waals surface area contributed by atoms with Gasteiger partial charge in [-0.05, 0) is 43.4 Å². The van der Waals surface area contributed by atoms with Crippen LogP contribution in [0.15, 0.2) is 12.1 Å². The lowest BCUT2D eigenvalue weighted by molar-refractivity contribution is -0.143. The van der Waals surface area contributed by atoms with Crippen LogP contribution in [0.5, 0.6) is 5.75 Å². The van der Waals surface area contributed by atoms with Crippen LogP contribution in [0.1, 0.15) is 42.4 Å². The smallest absolute Gasteiger partial charge is 0.314 e. The second-order valence-electron chi connectivity index (χ2n) is 5.24. The minimum absolute atomic E-state index is 0.679. The predicted molar refractivity (Wildman–Crippen MR) is 70.2 cm³/mol. The van der Waals surface area contributed by atoms with Crippen molar-refractivity contribution in [3.8, 4) is 5.75 Å². The summed E-state index contributed by atoms with van der Waals surface area (Å²) in [5.74, 6) is 0.168. The first-order valence-electron chi connectivity index (χ1n) is 6.40. The highest BCUT2D eigenvalue weighted by atomic mass is 16.5. The Morgan fingerprint density at radius 2 is 1.72 bits per heavy atom. The van der Waals surface area contributed by atoms with Crippen molar-refractivity contribution in [1.29, 1.82) is 0 Å². The number of carboxylic acid groups (broad SMARTS) is 1. The molecule has 0 heterocycles. The molecule has 0 atom stereocenters. The van der Waals surface area contributed by atoms with Crippen molar-refractivity contribution in [2.45, 2.75) is 44.9 Å². The lowest BCUT2D eigenvalue weighted by atomic mass is 9.78. The Balaban J connectivity index is 2.53. The first kappa shape index (κ1) is 12.9. The molecule has 1 aromatic rings. The van der Waals surface area contributed by atoms with Crippen LogP contribution in [-0.4, -0.2) is 18.2 Å². The molecule has 0 amide bonds. The number of benzene rings is 1. The summed E-state index contributed by atoms with van der Waals surface area (Å²) in [6.07, 6.45) is 3.48. The summed E-state index contributed by atoms with van der Waals surface area (Å²) in [4.78, 5) is 11.7. The van der Waals surface area contributed by atoms with Gasteiger partial charge in [-0.2, -0.15) is 0 Å². The first-order valence-corrected chi connectivity index (χ1v) is 6.40. The number of aliphatic carboxylic acids is 1. The molecule has 0 saturated heterocycles. The molecule has 0 unspecified atom stereocenters. The van der Waals surface area contributed by atoms with Crippen molar-refractivity contribution in [1.82, 2.24) is 0 Å². The quantitative estimate of drug-likeness (QED) is 0.893. The molecule has 1 aliphatic carbocycles. The topological polar surface area (TPSA) is 46.5 Å². The van der Waals surface area contributed by atoms with Crippen LogP contribution in [-0.2, 0) is 10.2 Å². The van der Waals surface area contributed by atoms with E-state index >= 15 is 0 Å². The van der Waals surface area contributed by atoms with E-state index in [-0.39, 0.29) is 0 Å². The SMILES string of the molecule is COc1c(C)cc(C2(C(=O)O)CCCC2)cc1C. The molecule has 3 nitrogen and oxygen atoms in total. The van der Waals surface area contributed by atoms with Crippen LogP contribution in [0.4, 0.5) is 0 Å². The molecule has 1 fully saturated rings. The lowest BCUT2D eigenvalue weighted by Gasteiger charge is -2.26. The van der Waals surface area contributed by atoms with Gasteiger partial charge >= 0.3 is 5.97 Å². The van der Waals surface area contributed by atoms with Crippen molar-refractivity contribution in [3.63, 3.8) is 0 Å². The molecular formula is C15H20O3. The summed E-state index contributed by atoms with van der Waals surface area (Å²) in [7, 11) is 1.65. The monoisotopic (exact) mass is 248 g/mol. The number of methoxy groups -OCH3 is 1. The summed E-state index contributed by atoms with van der Waals surface area (Å²) >= 11 is 0. The Hall–Kier alpha value is -1.51. The third-order valence-corrected chi connectivity index (χ3v) is 4.08. The molecule has 1 aromatic carbocycles. The van der Waals surface area contributed by atoms with Crippen LogP contribution < -0.4 is 4.74 Å². The van der Waals surface area contributed by atoms with Gasteiger partial charge in [-0.25, -0.2) is 0 Å². The van der Waals surface area contributed by atoms with Crippen molar-refractivity contribution in [2.24, 2.45) is 0 Å². The molecular weight excluding hydrogens is 228 g/mol. The minimum atomic E-state index is -0.691. The average Bonchev–Trinajstić information content (AvgIpc) is 2.78.